The molecule has 0 saturated carbocycles. The molecule has 1 heterocycles. The van der Waals surface area contributed by atoms with Crippen LogP contribution in [0, 0.1) is 0 Å². The second kappa shape index (κ2) is 7.12. The van der Waals surface area contributed by atoms with Gasteiger partial charge in [-0.15, -0.1) is 0 Å². The number of carbonyl (C=O) groups is 2. The van der Waals surface area contributed by atoms with E-state index in [1.807, 2.05) is 11.0 Å². The van der Waals surface area contributed by atoms with Crippen LogP contribution in [0.4, 0.5) is 17.1 Å². The van der Waals surface area contributed by atoms with Gasteiger partial charge in [-0.1, -0.05) is 12.1 Å². The van der Waals surface area contributed by atoms with E-state index < -0.39 is 5.97 Å². The Morgan fingerprint density at radius 2 is 2.08 bits per heavy atom. The molecule has 0 spiro atoms. The fourth-order valence-corrected chi connectivity index (χ4v) is 2.70. The zero-order valence-electron chi connectivity index (χ0n) is 13.8. The smallest absolute Gasteiger partial charge is 0.339 e. The van der Waals surface area contributed by atoms with Gasteiger partial charge in [-0.05, 0) is 24.3 Å². The van der Waals surface area contributed by atoms with Crippen LogP contribution < -0.4 is 20.7 Å². The number of esters is 1. The summed E-state index contributed by atoms with van der Waals surface area (Å²) in [6.45, 7) is 1.20. The highest BCUT2D eigenvalue weighted by Gasteiger charge is 2.21. The van der Waals surface area contributed by atoms with Crippen LogP contribution in [-0.4, -0.2) is 38.7 Å². The fourth-order valence-electron chi connectivity index (χ4n) is 2.70. The first kappa shape index (κ1) is 16.6. The zero-order valence-corrected chi connectivity index (χ0v) is 13.8. The van der Waals surface area contributed by atoms with Crippen molar-refractivity contribution in [3.63, 3.8) is 0 Å². The molecule has 7 nitrogen and oxygen atoms in total. The summed E-state index contributed by atoms with van der Waals surface area (Å²) in [5.41, 5.74) is 7.93. The van der Waals surface area contributed by atoms with E-state index in [-0.39, 0.29) is 12.5 Å². The maximum Gasteiger partial charge on any atom is 0.339 e. The van der Waals surface area contributed by atoms with Gasteiger partial charge in [-0.25, -0.2) is 4.79 Å². The Balaban J connectivity index is 1.74. The summed E-state index contributed by atoms with van der Waals surface area (Å²) in [5, 5.41) is 2.77. The predicted octanol–water partition coefficient (Wildman–Crippen LogP) is 1.89. The van der Waals surface area contributed by atoms with E-state index in [1.165, 1.54) is 7.11 Å². The molecule has 0 bridgehead atoms. The third-order valence-corrected chi connectivity index (χ3v) is 3.88. The van der Waals surface area contributed by atoms with Gasteiger partial charge in [0.2, 0.25) is 5.91 Å². The lowest BCUT2D eigenvalue weighted by Crippen LogP contribution is -2.39. The highest BCUT2D eigenvalue weighted by Crippen LogP contribution is 2.33. The minimum atomic E-state index is -0.497. The summed E-state index contributed by atoms with van der Waals surface area (Å²) in [5.74, 6) is -0.0712. The van der Waals surface area contributed by atoms with Crippen LogP contribution in [0.5, 0.6) is 5.75 Å². The van der Waals surface area contributed by atoms with Gasteiger partial charge in [0.25, 0.3) is 0 Å². The van der Waals surface area contributed by atoms with Crippen molar-refractivity contribution in [3.05, 3.63) is 48.0 Å². The van der Waals surface area contributed by atoms with E-state index in [4.69, 9.17) is 15.2 Å². The summed E-state index contributed by atoms with van der Waals surface area (Å²) in [7, 11) is 1.30. The van der Waals surface area contributed by atoms with Crippen LogP contribution in [0.2, 0.25) is 0 Å². The molecule has 0 atom stereocenters. The number of nitrogen functional groups attached to an aromatic ring is 1. The van der Waals surface area contributed by atoms with Gasteiger partial charge in [-0.2, -0.15) is 0 Å². The van der Waals surface area contributed by atoms with Crippen LogP contribution in [0.3, 0.4) is 0 Å². The number of nitrogens with two attached hydrogens (primary N) is 1. The second-order valence-corrected chi connectivity index (χ2v) is 5.58. The summed E-state index contributed by atoms with van der Waals surface area (Å²) >= 11 is 0. The molecule has 3 rings (SSSR count). The first-order chi connectivity index (χ1) is 12.1. The monoisotopic (exact) mass is 341 g/mol. The van der Waals surface area contributed by atoms with Gasteiger partial charge in [0, 0.05) is 11.8 Å². The summed E-state index contributed by atoms with van der Waals surface area (Å²) in [4.78, 5) is 26.2. The number of ether oxygens (including phenoxy) is 2. The maximum atomic E-state index is 12.5. The van der Waals surface area contributed by atoms with Gasteiger partial charge < -0.3 is 25.4 Å². The van der Waals surface area contributed by atoms with E-state index in [1.54, 1.807) is 36.4 Å². The molecule has 2 aromatic carbocycles. The number of para-hydroxylation sites is 1. The normalized spacial score (nSPS) is 12.8. The molecule has 130 valence electrons. The average Bonchev–Trinajstić information content (AvgIpc) is 2.61. The van der Waals surface area contributed by atoms with Gasteiger partial charge in [0.05, 0.1) is 37.1 Å². The molecule has 1 aliphatic rings. The maximum absolute atomic E-state index is 12.5. The van der Waals surface area contributed by atoms with Crippen molar-refractivity contribution in [3.8, 4) is 5.75 Å². The summed E-state index contributed by atoms with van der Waals surface area (Å²) in [6.07, 6.45) is 0. The Morgan fingerprint density at radius 1 is 1.28 bits per heavy atom. The minimum absolute atomic E-state index is 0.135. The van der Waals surface area contributed by atoms with E-state index >= 15 is 0 Å². The third-order valence-electron chi connectivity index (χ3n) is 3.88. The first-order valence-electron chi connectivity index (χ1n) is 7.83. The molecule has 0 fully saturated rings. The molecule has 7 heteroatoms. The Morgan fingerprint density at radius 3 is 2.88 bits per heavy atom. The van der Waals surface area contributed by atoms with Crippen LogP contribution in [-0.2, 0) is 9.53 Å². The molecular weight excluding hydrogens is 322 g/mol. The van der Waals surface area contributed by atoms with Gasteiger partial charge in [-0.3, -0.25) is 4.79 Å². The van der Waals surface area contributed by atoms with Crippen molar-refractivity contribution >= 4 is 28.9 Å². The number of carbonyl (C=O) groups excluding carboxylic acids is 2. The Bertz CT molecular complexity index is 807. The van der Waals surface area contributed by atoms with Crippen LogP contribution in [0.15, 0.2) is 42.5 Å². The lowest BCUT2D eigenvalue weighted by Gasteiger charge is -2.30. The Kier molecular flexibility index (Phi) is 4.74. The number of rotatable bonds is 4. The summed E-state index contributed by atoms with van der Waals surface area (Å²) < 4.78 is 10.3. The number of amides is 1. The average molecular weight is 341 g/mol. The number of methoxy groups -OCH3 is 1. The molecule has 1 amide bonds. The van der Waals surface area contributed by atoms with Crippen LogP contribution >= 0.6 is 0 Å². The highest BCUT2D eigenvalue weighted by atomic mass is 16.5. The lowest BCUT2D eigenvalue weighted by atomic mass is 10.1. The van der Waals surface area contributed by atoms with Crippen molar-refractivity contribution in [1.82, 2.24) is 0 Å². The van der Waals surface area contributed by atoms with Gasteiger partial charge >= 0.3 is 5.97 Å². The van der Waals surface area contributed by atoms with E-state index in [9.17, 15) is 9.59 Å². The number of hydrogen-bond acceptors (Lipinski definition) is 6. The van der Waals surface area contributed by atoms with Crippen molar-refractivity contribution in [2.75, 3.05) is 42.8 Å². The van der Waals surface area contributed by atoms with E-state index in [0.29, 0.717) is 35.8 Å². The van der Waals surface area contributed by atoms with Crippen molar-refractivity contribution in [2.24, 2.45) is 0 Å². The topological polar surface area (TPSA) is 93.9 Å². The van der Waals surface area contributed by atoms with Crippen LogP contribution in [0.1, 0.15) is 10.4 Å². The predicted molar refractivity (Wildman–Crippen MR) is 95.0 cm³/mol. The van der Waals surface area contributed by atoms with Crippen molar-refractivity contribution < 1.29 is 19.1 Å². The molecule has 0 radical (unpaired) electrons. The number of anilines is 3. The van der Waals surface area contributed by atoms with Crippen LogP contribution in [0.25, 0.3) is 0 Å². The number of nitrogens with zero attached hydrogens (tertiary/aromatic N) is 1. The van der Waals surface area contributed by atoms with Crippen molar-refractivity contribution in [1.29, 1.82) is 0 Å². The standard InChI is InChI=1S/C18H19N3O4/c1-24-18(23)13-4-2-3-5-14(13)20-17(22)11-21-8-9-25-16-10-12(19)6-7-15(16)21/h2-7,10H,8-9,11,19H2,1H3,(H,20,22). The number of hydrogen-bond donors (Lipinski definition) is 2. The molecule has 0 aliphatic carbocycles. The largest absolute Gasteiger partial charge is 0.489 e. The fraction of sp³-hybridized carbons (Fsp3) is 0.222. The molecule has 0 aromatic heterocycles. The SMILES string of the molecule is COC(=O)c1ccccc1NC(=O)CN1CCOc2cc(N)ccc21. The lowest BCUT2D eigenvalue weighted by molar-refractivity contribution is -0.115. The first-order valence-corrected chi connectivity index (χ1v) is 7.83. The van der Waals surface area contributed by atoms with Gasteiger partial charge in [0.15, 0.2) is 0 Å². The molecule has 1 aliphatic heterocycles. The molecule has 3 N–H and O–H groups in total. The molecule has 2 aromatic rings. The highest BCUT2D eigenvalue weighted by molar-refractivity contribution is 6.02. The molecular formula is C18H19N3O4. The second-order valence-electron chi connectivity index (χ2n) is 5.58. The number of benzene rings is 2. The quantitative estimate of drug-likeness (QED) is 0.651. The van der Waals surface area contributed by atoms with Crippen molar-refractivity contribution in [2.45, 2.75) is 0 Å². The zero-order chi connectivity index (χ0) is 17.8. The van der Waals surface area contributed by atoms with E-state index in [0.717, 1.165) is 5.69 Å². The third kappa shape index (κ3) is 3.65. The number of nitrogens with one attached hydrogen (secondary N) is 1. The minimum Gasteiger partial charge on any atom is -0.489 e. The number of fused-ring (bicyclic) bond motifs is 1. The van der Waals surface area contributed by atoms with E-state index in [2.05, 4.69) is 5.32 Å². The van der Waals surface area contributed by atoms with Gasteiger partial charge in [0.1, 0.15) is 12.4 Å². The summed E-state index contributed by atoms with van der Waals surface area (Å²) in [6, 6.07) is 12.1. The molecule has 0 saturated heterocycles. The Labute approximate surface area is 145 Å². The molecule has 25 heavy (non-hydrogen) atoms. The molecule has 0 unspecified atom stereocenters. The Hall–Kier alpha value is -3.22.